The average Bonchev–Trinajstić information content (AvgIpc) is 3.30. The van der Waals surface area contributed by atoms with Crippen molar-refractivity contribution >= 4 is 5.91 Å². The van der Waals surface area contributed by atoms with Crippen LogP contribution in [0.2, 0.25) is 0 Å². The van der Waals surface area contributed by atoms with Gasteiger partial charge in [-0.25, -0.2) is 4.98 Å². The number of aromatic nitrogens is 3. The van der Waals surface area contributed by atoms with Gasteiger partial charge in [0.2, 0.25) is 5.91 Å². The molecule has 7 heteroatoms. The summed E-state index contributed by atoms with van der Waals surface area (Å²) in [5, 5.41) is 13.7. The summed E-state index contributed by atoms with van der Waals surface area (Å²) >= 11 is 0. The van der Waals surface area contributed by atoms with Crippen molar-refractivity contribution in [1.82, 2.24) is 25.8 Å². The fourth-order valence-electron chi connectivity index (χ4n) is 4.38. The maximum Gasteiger partial charge on any atom is 0.228 e. The highest BCUT2D eigenvalue weighted by Crippen LogP contribution is 2.34. The molecule has 1 saturated heterocycles. The van der Waals surface area contributed by atoms with Crippen molar-refractivity contribution in [2.45, 2.75) is 37.8 Å². The van der Waals surface area contributed by atoms with Crippen LogP contribution < -0.4 is 10.6 Å². The molecule has 4 atom stereocenters. The standard InChI is InChI=1S/C20H27N5O2/c1-27-17-9-15-12-21-11-14(15)8-16(17)22-20(26)10-19-23-18(24-25-19)7-13-5-3-2-4-6-13/h2-6,14-17,21H,7-12H2,1H3,(H,22,26)(H,23,24,25)/t14-,15+,16-,17-/m0/s1. The first kappa shape index (κ1) is 18.1. The number of nitrogens with one attached hydrogen (secondary N) is 3. The molecule has 1 aromatic heterocycles. The van der Waals surface area contributed by atoms with Gasteiger partial charge in [0.05, 0.1) is 18.6 Å². The molecule has 27 heavy (non-hydrogen) atoms. The van der Waals surface area contributed by atoms with E-state index in [1.54, 1.807) is 7.11 Å². The molecule has 4 rings (SSSR count). The van der Waals surface area contributed by atoms with Gasteiger partial charge in [0.15, 0.2) is 5.82 Å². The second-order valence-corrected chi connectivity index (χ2v) is 7.64. The van der Waals surface area contributed by atoms with Crippen molar-refractivity contribution in [3.05, 3.63) is 47.5 Å². The molecule has 1 aliphatic carbocycles. The van der Waals surface area contributed by atoms with E-state index in [1.165, 1.54) is 0 Å². The van der Waals surface area contributed by atoms with Crippen LogP contribution in [0.5, 0.6) is 0 Å². The van der Waals surface area contributed by atoms with Crippen LogP contribution in [0, 0.1) is 11.8 Å². The van der Waals surface area contributed by atoms with Crippen LogP contribution in [-0.4, -0.2) is 53.4 Å². The van der Waals surface area contributed by atoms with Crippen molar-refractivity contribution < 1.29 is 9.53 Å². The normalized spacial score (nSPS) is 27.3. The highest BCUT2D eigenvalue weighted by Gasteiger charge is 2.40. The lowest BCUT2D eigenvalue weighted by molar-refractivity contribution is -0.123. The number of hydrogen-bond donors (Lipinski definition) is 3. The van der Waals surface area contributed by atoms with E-state index < -0.39 is 0 Å². The Kier molecular flexibility index (Phi) is 5.50. The second-order valence-electron chi connectivity index (χ2n) is 7.64. The molecule has 1 aromatic carbocycles. The maximum atomic E-state index is 12.5. The topological polar surface area (TPSA) is 91.9 Å². The van der Waals surface area contributed by atoms with Crippen LogP contribution in [0.4, 0.5) is 0 Å². The van der Waals surface area contributed by atoms with E-state index in [4.69, 9.17) is 4.74 Å². The van der Waals surface area contributed by atoms with E-state index in [0.717, 1.165) is 37.3 Å². The number of carbonyl (C=O) groups is 1. The molecule has 0 spiro atoms. The number of carbonyl (C=O) groups excluding carboxylic acids is 1. The van der Waals surface area contributed by atoms with Crippen LogP contribution in [-0.2, 0) is 22.4 Å². The van der Waals surface area contributed by atoms with Gasteiger partial charge in [-0.3, -0.25) is 9.89 Å². The molecule has 1 saturated carbocycles. The largest absolute Gasteiger partial charge is 0.379 e. The van der Waals surface area contributed by atoms with Crippen LogP contribution in [0.15, 0.2) is 30.3 Å². The molecule has 0 radical (unpaired) electrons. The van der Waals surface area contributed by atoms with Gasteiger partial charge >= 0.3 is 0 Å². The van der Waals surface area contributed by atoms with Crippen LogP contribution >= 0.6 is 0 Å². The average molecular weight is 369 g/mol. The minimum absolute atomic E-state index is 0.0447. The molecule has 2 aliphatic rings. The van der Waals surface area contributed by atoms with E-state index in [9.17, 15) is 4.79 Å². The minimum atomic E-state index is -0.0447. The molecule has 0 bridgehead atoms. The zero-order valence-corrected chi connectivity index (χ0v) is 15.6. The number of fused-ring (bicyclic) bond motifs is 1. The van der Waals surface area contributed by atoms with Gasteiger partial charge in [0.25, 0.3) is 0 Å². The zero-order valence-electron chi connectivity index (χ0n) is 15.6. The third kappa shape index (κ3) is 4.36. The van der Waals surface area contributed by atoms with Crippen molar-refractivity contribution in [2.75, 3.05) is 20.2 Å². The fraction of sp³-hybridized carbons (Fsp3) is 0.550. The third-order valence-corrected chi connectivity index (χ3v) is 5.78. The molecular weight excluding hydrogens is 342 g/mol. The Hall–Kier alpha value is -2.25. The molecule has 144 valence electrons. The smallest absolute Gasteiger partial charge is 0.228 e. The van der Waals surface area contributed by atoms with Crippen molar-refractivity contribution in [3.8, 4) is 0 Å². The number of amides is 1. The number of aromatic amines is 1. The Morgan fingerprint density at radius 2 is 2.00 bits per heavy atom. The molecule has 1 amide bonds. The lowest BCUT2D eigenvalue weighted by Crippen LogP contribution is -2.50. The van der Waals surface area contributed by atoms with Crippen molar-refractivity contribution in [3.63, 3.8) is 0 Å². The summed E-state index contributed by atoms with van der Waals surface area (Å²) in [6.45, 7) is 2.10. The van der Waals surface area contributed by atoms with Gasteiger partial charge in [-0.1, -0.05) is 30.3 Å². The van der Waals surface area contributed by atoms with Gasteiger partial charge < -0.3 is 15.4 Å². The van der Waals surface area contributed by atoms with Gasteiger partial charge in [-0.2, -0.15) is 5.10 Å². The first-order chi connectivity index (χ1) is 13.2. The molecule has 2 heterocycles. The second kappa shape index (κ2) is 8.19. The first-order valence-electron chi connectivity index (χ1n) is 9.68. The Morgan fingerprint density at radius 3 is 2.78 bits per heavy atom. The quantitative estimate of drug-likeness (QED) is 0.708. The summed E-state index contributed by atoms with van der Waals surface area (Å²) < 4.78 is 5.65. The molecule has 2 fully saturated rings. The summed E-state index contributed by atoms with van der Waals surface area (Å²) in [5.41, 5.74) is 1.16. The summed E-state index contributed by atoms with van der Waals surface area (Å²) in [4.78, 5) is 17.0. The number of hydrogen-bond acceptors (Lipinski definition) is 5. The van der Waals surface area contributed by atoms with E-state index in [1.807, 2.05) is 30.3 Å². The van der Waals surface area contributed by atoms with Crippen LogP contribution in [0.1, 0.15) is 30.1 Å². The number of nitrogens with zero attached hydrogens (tertiary/aromatic N) is 2. The van der Waals surface area contributed by atoms with E-state index >= 15 is 0 Å². The monoisotopic (exact) mass is 369 g/mol. The van der Waals surface area contributed by atoms with Crippen LogP contribution in [0.3, 0.4) is 0 Å². The number of methoxy groups -OCH3 is 1. The maximum absolute atomic E-state index is 12.5. The fourth-order valence-corrected chi connectivity index (χ4v) is 4.38. The summed E-state index contributed by atoms with van der Waals surface area (Å²) in [7, 11) is 1.73. The third-order valence-electron chi connectivity index (χ3n) is 5.78. The molecule has 1 aliphatic heterocycles. The van der Waals surface area contributed by atoms with Gasteiger partial charge in [0.1, 0.15) is 5.82 Å². The highest BCUT2D eigenvalue weighted by molar-refractivity contribution is 5.78. The molecular formula is C20H27N5O2. The van der Waals surface area contributed by atoms with Crippen molar-refractivity contribution in [1.29, 1.82) is 0 Å². The minimum Gasteiger partial charge on any atom is -0.379 e. The SMILES string of the molecule is CO[C@H]1C[C@@H]2CNC[C@@H]2C[C@@H]1NC(=O)Cc1n[nH]c(Cc2ccccc2)n1. The van der Waals surface area contributed by atoms with Gasteiger partial charge in [0, 0.05) is 13.5 Å². The predicted molar refractivity (Wildman–Crippen MR) is 101 cm³/mol. The van der Waals surface area contributed by atoms with E-state index in [-0.39, 0.29) is 24.5 Å². The Morgan fingerprint density at radius 1 is 1.22 bits per heavy atom. The summed E-state index contributed by atoms with van der Waals surface area (Å²) in [6, 6.07) is 10.2. The van der Waals surface area contributed by atoms with E-state index in [2.05, 4.69) is 25.8 Å². The summed E-state index contributed by atoms with van der Waals surface area (Å²) in [5.74, 6) is 2.55. The lowest BCUT2D eigenvalue weighted by Gasteiger charge is -2.37. The van der Waals surface area contributed by atoms with E-state index in [0.29, 0.717) is 24.1 Å². The first-order valence-corrected chi connectivity index (χ1v) is 9.68. The Bertz CT molecular complexity index is 763. The van der Waals surface area contributed by atoms with Gasteiger partial charge in [-0.15, -0.1) is 0 Å². The van der Waals surface area contributed by atoms with Gasteiger partial charge in [-0.05, 0) is 43.3 Å². The number of H-pyrrole nitrogens is 1. The van der Waals surface area contributed by atoms with Crippen LogP contribution in [0.25, 0.3) is 0 Å². The molecule has 3 N–H and O–H groups in total. The number of rotatable bonds is 6. The Balaban J connectivity index is 1.32. The molecule has 2 aromatic rings. The summed E-state index contributed by atoms with van der Waals surface area (Å²) in [6.07, 6.45) is 2.91. The number of benzene rings is 1. The molecule has 7 nitrogen and oxygen atoms in total. The lowest BCUT2D eigenvalue weighted by atomic mass is 9.77. The predicted octanol–water partition coefficient (Wildman–Crippen LogP) is 1.07. The Labute approximate surface area is 159 Å². The number of ether oxygens (including phenoxy) is 1. The highest BCUT2D eigenvalue weighted by atomic mass is 16.5. The zero-order chi connectivity index (χ0) is 18.6. The molecule has 0 unspecified atom stereocenters. The van der Waals surface area contributed by atoms with Crippen molar-refractivity contribution in [2.24, 2.45) is 11.8 Å².